The zero-order valence-corrected chi connectivity index (χ0v) is 12.9. The lowest BCUT2D eigenvalue weighted by atomic mass is 9.56. The SMILES string of the molecule is CCOC(=O)C[C@H](O)C(=O)N[C@H]1C[C@](C)(OC)C1(C)C. The molecule has 0 aromatic heterocycles. The number of methoxy groups -OCH3 is 1. The second-order valence-electron chi connectivity index (χ2n) is 5.95. The van der Waals surface area contributed by atoms with Crippen LogP contribution in [0.5, 0.6) is 0 Å². The smallest absolute Gasteiger partial charge is 0.308 e. The highest BCUT2D eigenvalue weighted by Crippen LogP contribution is 2.51. The van der Waals surface area contributed by atoms with Gasteiger partial charge in [-0.05, 0) is 20.3 Å². The highest BCUT2D eigenvalue weighted by atomic mass is 16.5. The molecule has 0 aliphatic heterocycles. The fourth-order valence-electron chi connectivity index (χ4n) is 2.46. The zero-order valence-electron chi connectivity index (χ0n) is 12.9. The Kier molecular flexibility index (Phi) is 5.15. The number of carbonyl (C=O) groups is 2. The van der Waals surface area contributed by atoms with Gasteiger partial charge in [-0.3, -0.25) is 9.59 Å². The van der Waals surface area contributed by atoms with E-state index in [1.165, 1.54) is 0 Å². The average Bonchev–Trinajstić information content (AvgIpc) is 2.37. The molecule has 0 heterocycles. The molecule has 6 heteroatoms. The Labute approximate surface area is 119 Å². The van der Waals surface area contributed by atoms with Gasteiger partial charge >= 0.3 is 5.97 Å². The number of aliphatic hydroxyl groups excluding tert-OH is 1. The van der Waals surface area contributed by atoms with Crippen LogP contribution in [-0.4, -0.2) is 48.4 Å². The lowest BCUT2D eigenvalue weighted by molar-refractivity contribution is -0.184. The van der Waals surface area contributed by atoms with E-state index >= 15 is 0 Å². The largest absolute Gasteiger partial charge is 0.466 e. The number of aliphatic hydroxyl groups is 1. The van der Waals surface area contributed by atoms with Gasteiger partial charge in [-0.2, -0.15) is 0 Å². The Hall–Kier alpha value is -1.14. The van der Waals surface area contributed by atoms with Crippen LogP contribution in [0.15, 0.2) is 0 Å². The van der Waals surface area contributed by atoms with Gasteiger partial charge < -0.3 is 19.9 Å². The Morgan fingerprint density at radius 3 is 2.45 bits per heavy atom. The minimum atomic E-state index is -1.38. The van der Waals surface area contributed by atoms with Crippen LogP contribution in [0.2, 0.25) is 0 Å². The summed E-state index contributed by atoms with van der Waals surface area (Å²) < 4.78 is 10.2. The molecular weight excluding hydrogens is 262 g/mol. The summed E-state index contributed by atoms with van der Waals surface area (Å²) in [6, 6.07) is -0.0863. The molecular formula is C14H25NO5. The fourth-order valence-corrected chi connectivity index (χ4v) is 2.46. The van der Waals surface area contributed by atoms with Gasteiger partial charge in [0.2, 0.25) is 5.91 Å². The van der Waals surface area contributed by atoms with Gasteiger partial charge in [0.25, 0.3) is 0 Å². The van der Waals surface area contributed by atoms with Gasteiger partial charge in [0, 0.05) is 18.6 Å². The van der Waals surface area contributed by atoms with E-state index in [0.717, 1.165) is 0 Å². The molecule has 0 aromatic rings. The van der Waals surface area contributed by atoms with Gasteiger partial charge in [0.05, 0.1) is 18.6 Å². The molecule has 0 aromatic carbocycles. The van der Waals surface area contributed by atoms with Crippen molar-refractivity contribution in [3.05, 3.63) is 0 Å². The molecule has 0 radical (unpaired) electrons. The molecule has 116 valence electrons. The minimum Gasteiger partial charge on any atom is -0.466 e. The van der Waals surface area contributed by atoms with Gasteiger partial charge in [-0.25, -0.2) is 0 Å². The van der Waals surface area contributed by atoms with E-state index in [0.29, 0.717) is 6.42 Å². The van der Waals surface area contributed by atoms with Crippen LogP contribution in [0.4, 0.5) is 0 Å². The summed E-state index contributed by atoms with van der Waals surface area (Å²) in [6.45, 7) is 7.90. The lowest BCUT2D eigenvalue weighted by Gasteiger charge is -2.59. The van der Waals surface area contributed by atoms with Crippen molar-refractivity contribution in [2.75, 3.05) is 13.7 Å². The first-order chi connectivity index (χ1) is 9.17. The number of hydrogen-bond donors (Lipinski definition) is 2. The zero-order chi connectivity index (χ0) is 15.6. The third kappa shape index (κ3) is 3.12. The van der Waals surface area contributed by atoms with Crippen molar-refractivity contribution in [1.82, 2.24) is 5.32 Å². The number of rotatable bonds is 6. The number of ether oxygens (including phenoxy) is 2. The second kappa shape index (κ2) is 6.10. The number of hydrogen-bond acceptors (Lipinski definition) is 5. The molecule has 2 N–H and O–H groups in total. The summed E-state index contributed by atoms with van der Waals surface area (Å²) in [5.74, 6) is -1.13. The summed E-state index contributed by atoms with van der Waals surface area (Å²) in [5, 5.41) is 12.5. The summed E-state index contributed by atoms with van der Waals surface area (Å²) in [4.78, 5) is 23.1. The molecule has 1 amide bonds. The molecule has 0 unspecified atom stereocenters. The second-order valence-corrected chi connectivity index (χ2v) is 5.95. The van der Waals surface area contributed by atoms with E-state index in [-0.39, 0.29) is 30.1 Å². The van der Waals surface area contributed by atoms with Crippen LogP contribution in [0, 0.1) is 5.41 Å². The first-order valence-corrected chi connectivity index (χ1v) is 6.87. The van der Waals surface area contributed by atoms with Crippen molar-refractivity contribution in [1.29, 1.82) is 0 Å². The van der Waals surface area contributed by atoms with Crippen LogP contribution in [0.1, 0.15) is 40.5 Å². The summed E-state index contributed by atoms with van der Waals surface area (Å²) in [6.07, 6.45) is -1.03. The van der Waals surface area contributed by atoms with Crippen LogP contribution in [-0.2, 0) is 19.1 Å². The highest BCUT2D eigenvalue weighted by molar-refractivity contribution is 5.85. The molecule has 1 fully saturated rings. The summed E-state index contributed by atoms with van der Waals surface area (Å²) >= 11 is 0. The standard InChI is InChI=1S/C14H25NO5/c1-6-20-11(17)7-9(16)12(18)15-10-8-14(4,19-5)13(10,2)3/h9-10,16H,6-8H2,1-5H3,(H,15,18)/t9-,10-,14-/m0/s1. The van der Waals surface area contributed by atoms with Crippen molar-refractivity contribution in [3.63, 3.8) is 0 Å². The monoisotopic (exact) mass is 287 g/mol. The third-order valence-electron chi connectivity index (χ3n) is 4.56. The average molecular weight is 287 g/mol. The van der Waals surface area contributed by atoms with Crippen LogP contribution >= 0.6 is 0 Å². The molecule has 1 aliphatic carbocycles. The Balaban J connectivity index is 2.50. The van der Waals surface area contributed by atoms with Gasteiger partial charge in [-0.15, -0.1) is 0 Å². The van der Waals surface area contributed by atoms with Gasteiger partial charge in [-0.1, -0.05) is 13.8 Å². The number of esters is 1. The first kappa shape index (κ1) is 16.9. The van der Waals surface area contributed by atoms with E-state index in [2.05, 4.69) is 5.32 Å². The van der Waals surface area contributed by atoms with Crippen molar-refractivity contribution < 1.29 is 24.2 Å². The highest BCUT2D eigenvalue weighted by Gasteiger charge is 2.58. The predicted octanol–water partition coefficient (Wildman–Crippen LogP) is 0.620. The fraction of sp³-hybridized carbons (Fsp3) is 0.857. The quantitative estimate of drug-likeness (QED) is 0.700. The van der Waals surface area contributed by atoms with Crippen LogP contribution < -0.4 is 5.32 Å². The van der Waals surface area contributed by atoms with Gasteiger partial charge in [0.15, 0.2) is 0 Å². The maximum Gasteiger partial charge on any atom is 0.308 e. The summed E-state index contributed by atoms with van der Waals surface area (Å²) in [5.41, 5.74) is -0.530. The van der Waals surface area contributed by atoms with Crippen molar-refractivity contribution in [2.24, 2.45) is 5.41 Å². The lowest BCUT2D eigenvalue weighted by Crippen LogP contribution is -2.69. The van der Waals surface area contributed by atoms with Crippen LogP contribution in [0.25, 0.3) is 0 Å². The van der Waals surface area contributed by atoms with Crippen LogP contribution in [0.3, 0.4) is 0 Å². The van der Waals surface area contributed by atoms with E-state index in [1.807, 2.05) is 20.8 Å². The molecule has 6 nitrogen and oxygen atoms in total. The maximum absolute atomic E-state index is 11.9. The molecule has 20 heavy (non-hydrogen) atoms. The Morgan fingerprint density at radius 2 is 2.00 bits per heavy atom. The number of amides is 1. The Morgan fingerprint density at radius 1 is 1.40 bits per heavy atom. The van der Waals surface area contributed by atoms with Crippen molar-refractivity contribution >= 4 is 11.9 Å². The predicted molar refractivity (Wildman–Crippen MR) is 73.0 cm³/mol. The molecule has 0 saturated heterocycles. The first-order valence-electron chi connectivity index (χ1n) is 6.87. The third-order valence-corrected chi connectivity index (χ3v) is 4.56. The van der Waals surface area contributed by atoms with Gasteiger partial charge in [0.1, 0.15) is 6.10 Å². The molecule has 0 bridgehead atoms. The number of nitrogens with one attached hydrogen (secondary N) is 1. The molecule has 1 rings (SSSR count). The van der Waals surface area contributed by atoms with Crippen molar-refractivity contribution in [2.45, 2.75) is 58.3 Å². The van der Waals surface area contributed by atoms with E-state index < -0.39 is 18.0 Å². The maximum atomic E-state index is 11.9. The normalized spacial score (nSPS) is 29.2. The molecule has 3 atom stereocenters. The summed E-state index contributed by atoms with van der Waals surface area (Å²) in [7, 11) is 1.65. The molecule has 0 spiro atoms. The van der Waals surface area contributed by atoms with E-state index in [4.69, 9.17) is 9.47 Å². The topological polar surface area (TPSA) is 84.9 Å². The van der Waals surface area contributed by atoms with E-state index in [1.54, 1.807) is 14.0 Å². The van der Waals surface area contributed by atoms with E-state index in [9.17, 15) is 14.7 Å². The van der Waals surface area contributed by atoms with Crippen molar-refractivity contribution in [3.8, 4) is 0 Å². The Bertz CT molecular complexity index is 382. The number of carbonyl (C=O) groups excluding carboxylic acids is 2. The molecule has 1 saturated carbocycles. The molecule has 1 aliphatic rings. The minimum absolute atomic E-state index is 0.0863.